The van der Waals surface area contributed by atoms with Crippen molar-refractivity contribution in [1.82, 2.24) is 14.7 Å². The number of amides is 1. The van der Waals surface area contributed by atoms with E-state index in [0.29, 0.717) is 24.8 Å². The summed E-state index contributed by atoms with van der Waals surface area (Å²) in [5.41, 5.74) is 3.17. The summed E-state index contributed by atoms with van der Waals surface area (Å²) < 4.78 is 7.11. The summed E-state index contributed by atoms with van der Waals surface area (Å²) in [5, 5.41) is 4.42. The van der Waals surface area contributed by atoms with E-state index in [1.807, 2.05) is 30.5 Å². The molecule has 2 heterocycles. The lowest BCUT2D eigenvalue weighted by molar-refractivity contribution is 0.0690. The molecule has 5 nitrogen and oxygen atoms in total. The van der Waals surface area contributed by atoms with Crippen molar-refractivity contribution < 1.29 is 9.21 Å². The van der Waals surface area contributed by atoms with Gasteiger partial charge in [0.15, 0.2) is 5.76 Å². The maximum atomic E-state index is 12.6. The Balaban J connectivity index is 2.26. The Labute approximate surface area is 125 Å². The van der Waals surface area contributed by atoms with Crippen LogP contribution in [0.3, 0.4) is 0 Å². The van der Waals surface area contributed by atoms with Gasteiger partial charge in [-0.1, -0.05) is 13.8 Å². The Kier molecular flexibility index (Phi) is 4.50. The summed E-state index contributed by atoms with van der Waals surface area (Å²) in [6.45, 7) is 9.46. The molecule has 0 atom stereocenters. The van der Waals surface area contributed by atoms with Crippen molar-refractivity contribution in [3.8, 4) is 0 Å². The standard InChI is InChI=1S/C16H23N3O2/c1-11(2)9-19(16(20)15-7-6-8-21-15)10-14-12(3)17-18(5)13(14)4/h6-8,11H,9-10H2,1-5H3. The number of rotatable bonds is 5. The van der Waals surface area contributed by atoms with E-state index in [9.17, 15) is 4.79 Å². The van der Waals surface area contributed by atoms with Crippen LogP contribution in [-0.2, 0) is 13.6 Å². The average Bonchev–Trinajstić information content (AvgIpc) is 3.01. The second-order valence-corrected chi connectivity index (χ2v) is 5.83. The molecule has 0 fully saturated rings. The molecule has 0 bridgehead atoms. The third kappa shape index (κ3) is 3.35. The highest BCUT2D eigenvalue weighted by Gasteiger charge is 2.22. The summed E-state index contributed by atoms with van der Waals surface area (Å²) in [7, 11) is 1.92. The summed E-state index contributed by atoms with van der Waals surface area (Å²) >= 11 is 0. The molecule has 1 amide bonds. The fourth-order valence-corrected chi connectivity index (χ4v) is 2.45. The normalized spacial score (nSPS) is 11.1. The van der Waals surface area contributed by atoms with Crippen LogP contribution in [0.4, 0.5) is 0 Å². The maximum Gasteiger partial charge on any atom is 0.289 e. The van der Waals surface area contributed by atoms with Crippen molar-refractivity contribution in [3.05, 3.63) is 41.1 Å². The highest BCUT2D eigenvalue weighted by Crippen LogP contribution is 2.18. The highest BCUT2D eigenvalue weighted by atomic mass is 16.3. The van der Waals surface area contributed by atoms with Gasteiger partial charge in [0.25, 0.3) is 5.91 Å². The fraction of sp³-hybridized carbons (Fsp3) is 0.500. The Hall–Kier alpha value is -2.04. The predicted molar refractivity (Wildman–Crippen MR) is 81.0 cm³/mol. The van der Waals surface area contributed by atoms with E-state index in [2.05, 4.69) is 18.9 Å². The predicted octanol–water partition coefficient (Wildman–Crippen LogP) is 2.93. The number of aromatic nitrogens is 2. The average molecular weight is 289 g/mol. The first-order valence-corrected chi connectivity index (χ1v) is 7.22. The number of carbonyl (C=O) groups excluding carboxylic acids is 1. The Bertz CT molecular complexity index is 612. The molecule has 0 aliphatic rings. The van der Waals surface area contributed by atoms with Gasteiger partial charge in [-0.2, -0.15) is 5.10 Å². The summed E-state index contributed by atoms with van der Waals surface area (Å²) in [5.74, 6) is 0.701. The largest absolute Gasteiger partial charge is 0.459 e. The van der Waals surface area contributed by atoms with Crippen LogP contribution in [0.2, 0.25) is 0 Å². The smallest absolute Gasteiger partial charge is 0.289 e. The number of nitrogens with zero attached hydrogens (tertiary/aromatic N) is 3. The summed E-state index contributed by atoms with van der Waals surface area (Å²) in [6.07, 6.45) is 1.53. The van der Waals surface area contributed by atoms with Gasteiger partial charge in [-0.05, 0) is 31.9 Å². The van der Waals surface area contributed by atoms with Crippen LogP contribution in [0.5, 0.6) is 0 Å². The van der Waals surface area contributed by atoms with Gasteiger partial charge in [-0.25, -0.2) is 0 Å². The van der Waals surface area contributed by atoms with Crippen LogP contribution < -0.4 is 0 Å². The molecule has 0 unspecified atom stereocenters. The first-order chi connectivity index (χ1) is 9.90. The molecule has 0 radical (unpaired) electrons. The molecule has 0 saturated carbocycles. The van der Waals surface area contributed by atoms with Gasteiger partial charge in [-0.3, -0.25) is 9.48 Å². The molecule has 0 N–H and O–H groups in total. The van der Waals surface area contributed by atoms with Gasteiger partial charge >= 0.3 is 0 Å². The quantitative estimate of drug-likeness (QED) is 0.850. The molecule has 114 valence electrons. The second kappa shape index (κ2) is 6.16. The van der Waals surface area contributed by atoms with Gasteiger partial charge in [0, 0.05) is 31.4 Å². The molecule has 0 saturated heterocycles. The lowest BCUT2D eigenvalue weighted by Crippen LogP contribution is -2.33. The molecule has 0 aliphatic heterocycles. The first kappa shape index (κ1) is 15.4. The molecule has 2 rings (SSSR count). The molecule has 2 aromatic rings. The van der Waals surface area contributed by atoms with Gasteiger partial charge in [0.2, 0.25) is 0 Å². The number of hydrogen-bond donors (Lipinski definition) is 0. The van der Waals surface area contributed by atoms with Crippen LogP contribution in [0.15, 0.2) is 22.8 Å². The van der Waals surface area contributed by atoms with Crippen LogP contribution in [0.1, 0.15) is 41.4 Å². The molecule has 5 heteroatoms. The third-order valence-electron chi connectivity index (χ3n) is 3.61. The minimum Gasteiger partial charge on any atom is -0.459 e. The van der Waals surface area contributed by atoms with Gasteiger partial charge in [-0.15, -0.1) is 0 Å². The zero-order valence-electron chi connectivity index (χ0n) is 13.4. The Morgan fingerprint density at radius 3 is 2.62 bits per heavy atom. The minimum absolute atomic E-state index is 0.0728. The molecular formula is C16H23N3O2. The molecule has 0 aliphatic carbocycles. The van der Waals surface area contributed by atoms with Gasteiger partial charge < -0.3 is 9.32 Å². The number of carbonyl (C=O) groups is 1. The molecule has 2 aromatic heterocycles. The van der Waals surface area contributed by atoms with Crippen LogP contribution in [0.25, 0.3) is 0 Å². The van der Waals surface area contributed by atoms with E-state index in [-0.39, 0.29) is 5.91 Å². The van der Waals surface area contributed by atoms with Gasteiger partial charge in [0.1, 0.15) is 0 Å². The van der Waals surface area contributed by atoms with E-state index in [4.69, 9.17) is 4.42 Å². The second-order valence-electron chi connectivity index (χ2n) is 5.83. The molecular weight excluding hydrogens is 266 g/mol. The summed E-state index contributed by atoms with van der Waals surface area (Å²) in [6, 6.07) is 3.44. The highest BCUT2D eigenvalue weighted by molar-refractivity contribution is 5.91. The van der Waals surface area contributed by atoms with Crippen LogP contribution >= 0.6 is 0 Å². The Morgan fingerprint density at radius 1 is 1.43 bits per heavy atom. The van der Waals surface area contributed by atoms with Crippen molar-refractivity contribution in [3.63, 3.8) is 0 Å². The zero-order chi connectivity index (χ0) is 15.6. The van der Waals surface area contributed by atoms with Crippen molar-refractivity contribution in [2.45, 2.75) is 34.2 Å². The minimum atomic E-state index is -0.0728. The van der Waals surface area contributed by atoms with Crippen LogP contribution in [-0.4, -0.2) is 27.1 Å². The summed E-state index contributed by atoms with van der Waals surface area (Å²) in [4.78, 5) is 14.4. The third-order valence-corrected chi connectivity index (χ3v) is 3.61. The van der Waals surface area contributed by atoms with E-state index >= 15 is 0 Å². The number of hydrogen-bond acceptors (Lipinski definition) is 3. The van der Waals surface area contributed by atoms with Crippen molar-refractivity contribution in [2.24, 2.45) is 13.0 Å². The topological polar surface area (TPSA) is 51.3 Å². The van der Waals surface area contributed by atoms with E-state index < -0.39 is 0 Å². The fourth-order valence-electron chi connectivity index (χ4n) is 2.45. The van der Waals surface area contributed by atoms with E-state index in [1.54, 1.807) is 12.1 Å². The monoisotopic (exact) mass is 289 g/mol. The molecule has 21 heavy (non-hydrogen) atoms. The van der Waals surface area contributed by atoms with Gasteiger partial charge in [0.05, 0.1) is 12.0 Å². The van der Waals surface area contributed by atoms with Crippen molar-refractivity contribution >= 4 is 5.91 Å². The Morgan fingerprint density at radius 2 is 2.14 bits per heavy atom. The maximum absolute atomic E-state index is 12.6. The zero-order valence-corrected chi connectivity index (χ0v) is 13.4. The van der Waals surface area contributed by atoms with E-state index in [0.717, 1.165) is 17.0 Å². The molecule has 0 aromatic carbocycles. The van der Waals surface area contributed by atoms with Crippen molar-refractivity contribution in [1.29, 1.82) is 0 Å². The van der Waals surface area contributed by atoms with E-state index in [1.165, 1.54) is 6.26 Å². The SMILES string of the molecule is Cc1nn(C)c(C)c1CN(CC(C)C)C(=O)c1ccco1. The lowest BCUT2D eigenvalue weighted by Gasteiger charge is -2.24. The van der Waals surface area contributed by atoms with Crippen LogP contribution in [0, 0.1) is 19.8 Å². The molecule has 0 spiro atoms. The number of furan rings is 1. The number of aryl methyl sites for hydroxylation is 2. The van der Waals surface area contributed by atoms with Crippen molar-refractivity contribution in [2.75, 3.05) is 6.54 Å². The lowest BCUT2D eigenvalue weighted by atomic mass is 10.1. The first-order valence-electron chi connectivity index (χ1n) is 7.22.